The van der Waals surface area contributed by atoms with Crippen LogP contribution in [0.1, 0.15) is 41.6 Å². The smallest absolute Gasteiger partial charge is 0.339 e. The highest BCUT2D eigenvalue weighted by Crippen LogP contribution is 2.46. The van der Waals surface area contributed by atoms with Crippen molar-refractivity contribution in [3.63, 3.8) is 0 Å². The minimum atomic E-state index is -0.395. The van der Waals surface area contributed by atoms with Crippen LogP contribution in [0.3, 0.4) is 0 Å². The largest absolute Gasteiger partial charge is 0.450 e. The van der Waals surface area contributed by atoms with Crippen molar-refractivity contribution in [3.8, 4) is 0 Å². The highest BCUT2D eigenvalue weighted by atomic mass is 16.6. The zero-order valence-corrected chi connectivity index (χ0v) is 9.90. The lowest BCUT2D eigenvalue weighted by Crippen LogP contribution is -2.38. The van der Waals surface area contributed by atoms with Gasteiger partial charge in [0, 0.05) is 24.0 Å². The number of fused-ring (bicyclic) bond motifs is 2. The molecule has 1 aliphatic heterocycles. The molecule has 2 aliphatic rings. The summed E-state index contributed by atoms with van der Waals surface area (Å²) in [6.45, 7) is 0. The van der Waals surface area contributed by atoms with Gasteiger partial charge >= 0.3 is 5.97 Å². The van der Waals surface area contributed by atoms with Crippen molar-refractivity contribution in [3.05, 3.63) is 29.6 Å². The number of esters is 1. The van der Waals surface area contributed by atoms with Gasteiger partial charge in [0.2, 0.25) is 0 Å². The Hall–Kier alpha value is -1.42. The third-order valence-electron chi connectivity index (χ3n) is 4.02. The Kier molecular flexibility index (Phi) is 2.40. The normalized spacial score (nSPS) is 31.4. The summed E-state index contributed by atoms with van der Waals surface area (Å²) in [5.41, 5.74) is 1.29. The van der Waals surface area contributed by atoms with Crippen LogP contribution in [-0.2, 0) is 10.3 Å². The molecule has 0 atom stereocenters. The summed E-state index contributed by atoms with van der Waals surface area (Å²) in [6, 6.07) is 2.30. The minimum absolute atomic E-state index is 0.190. The first-order valence-corrected chi connectivity index (χ1v) is 6.10. The molecule has 0 saturated heterocycles. The van der Waals surface area contributed by atoms with Gasteiger partial charge in [-0.1, -0.05) is 0 Å². The number of nitrogens with one attached hydrogen (secondary N) is 1. The number of carbonyl (C=O) groups excluding carboxylic acids is 1. The van der Waals surface area contributed by atoms with E-state index in [1.165, 1.54) is 0 Å². The van der Waals surface area contributed by atoms with E-state index in [1.807, 2.05) is 7.05 Å². The van der Waals surface area contributed by atoms with Crippen LogP contribution in [0, 0.1) is 0 Å². The zero-order chi connectivity index (χ0) is 11.9. The quantitative estimate of drug-likeness (QED) is 0.747. The van der Waals surface area contributed by atoms with Crippen LogP contribution < -0.4 is 5.32 Å². The predicted octanol–water partition coefficient (Wildman–Crippen LogP) is 1.61. The third-order valence-corrected chi connectivity index (χ3v) is 4.02. The molecule has 90 valence electrons. The molecular weight excluding hydrogens is 216 g/mol. The lowest BCUT2D eigenvalue weighted by Gasteiger charge is -2.36. The molecule has 1 spiro atoms. The predicted molar refractivity (Wildman–Crippen MR) is 62.6 cm³/mol. The molecular formula is C13H16N2O2. The highest BCUT2D eigenvalue weighted by Gasteiger charge is 2.47. The van der Waals surface area contributed by atoms with Crippen LogP contribution in [-0.4, -0.2) is 24.0 Å². The van der Waals surface area contributed by atoms with Crippen LogP contribution in [0.15, 0.2) is 18.5 Å². The number of rotatable bonds is 1. The minimum Gasteiger partial charge on any atom is -0.450 e. The first-order valence-electron chi connectivity index (χ1n) is 6.10. The van der Waals surface area contributed by atoms with Crippen LogP contribution in [0.25, 0.3) is 0 Å². The standard InChI is InChI=1S/C13H16N2O2/c1-14-9-2-5-13(6-3-9)11-8-15-7-4-10(11)12(16)17-13/h4,7-9,14H,2-3,5-6H2,1H3. The van der Waals surface area contributed by atoms with E-state index in [-0.39, 0.29) is 5.97 Å². The molecule has 0 unspecified atom stereocenters. The second-order valence-electron chi connectivity index (χ2n) is 4.87. The third kappa shape index (κ3) is 1.55. The summed E-state index contributed by atoms with van der Waals surface area (Å²) in [6.07, 6.45) is 7.31. The second kappa shape index (κ2) is 3.81. The number of hydrogen-bond acceptors (Lipinski definition) is 4. The van der Waals surface area contributed by atoms with E-state index in [4.69, 9.17) is 4.74 Å². The van der Waals surface area contributed by atoms with E-state index in [0.717, 1.165) is 31.2 Å². The number of aromatic nitrogens is 1. The molecule has 3 rings (SSSR count). The topological polar surface area (TPSA) is 51.2 Å². The molecule has 1 aliphatic carbocycles. The van der Waals surface area contributed by atoms with E-state index < -0.39 is 5.60 Å². The lowest BCUT2D eigenvalue weighted by molar-refractivity contribution is -0.0321. The van der Waals surface area contributed by atoms with Crippen LogP contribution in [0.4, 0.5) is 0 Å². The monoisotopic (exact) mass is 232 g/mol. The molecule has 1 aromatic rings. The molecule has 0 aromatic carbocycles. The maximum absolute atomic E-state index is 11.8. The lowest BCUT2D eigenvalue weighted by atomic mass is 9.78. The van der Waals surface area contributed by atoms with Gasteiger partial charge in [-0.3, -0.25) is 4.98 Å². The first kappa shape index (κ1) is 10.7. The fraction of sp³-hybridized carbons (Fsp3) is 0.538. The molecule has 1 aromatic heterocycles. The van der Waals surface area contributed by atoms with Crippen molar-refractivity contribution in [2.45, 2.75) is 37.3 Å². The van der Waals surface area contributed by atoms with E-state index in [9.17, 15) is 4.79 Å². The maximum atomic E-state index is 11.8. The van der Waals surface area contributed by atoms with Crippen LogP contribution in [0.5, 0.6) is 0 Å². The molecule has 4 heteroatoms. The van der Waals surface area contributed by atoms with Crippen LogP contribution in [0.2, 0.25) is 0 Å². The Morgan fingerprint density at radius 1 is 1.47 bits per heavy atom. The van der Waals surface area contributed by atoms with Gasteiger partial charge in [0.05, 0.1) is 5.56 Å². The van der Waals surface area contributed by atoms with Gasteiger partial charge in [-0.2, -0.15) is 0 Å². The molecule has 0 bridgehead atoms. The summed E-state index contributed by atoms with van der Waals surface area (Å²) in [7, 11) is 1.98. The Morgan fingerprint density at radius 3 is 2.94 bits per heavy atom. The summed E-state index contributed by atoms with van der Waals surface area (Å²) in [5.74, 6) is -0.190. The van der Waals surface area contributed by atoms with Gasteiger partial charge in [0.25, 0.3) is 0 Å². The van der Waals surface area contributed by atoms with Gasteiger partial charge < -0.3 is 10.1 Å². The van der Waals surface area contributed by atoms with Crippen molar-refractivity contribution in [2.75, 3.05) is 7.05 Å². The molecule has 1 fully saturated rings. The number of carbonyl (C=O) groups is 1. The zero-order valence-electron chi connectivity index (χ0n) is 9.90. The van der Waals surface area contributed by atoms with Gasteiger partial charge in [0.15, 0.2) is 0 Å². The van der Waals surface area contributed by atoms with E-state index in [1.54, 1.807) is 18.5 Å². The molecule has 2 heterocycles. The average molecular weight is 232 g/mol. The van der Waals surface area contributed by atoms with Crippen molar-refractivity contribution >= 4 is 5.97 Å². The number of pyridine rings is 1. The average Bonchev–Trinajstić information content (AvgIpc) is 2.65. The Bertz CT molecular complexity index is 450. The number of hydrogen-bond donors (Lipinski definition) is 1. The van der Waals surface area contributed by atoms with Crippen molar-refractivity contribution < 1.29 is 9.53 Å². The van der Waals surface area contributed by atoms with Crippen LogP contribution >= 0.6 is 0 Å². The van der Waals surface area contributed by atoms with Gasteiger partial charge in [0.1, 0.15) is 5.60 Å². The van der Waals surface area contributed by atoms with E-state index in [0.29, 0.717) is 11.6 Å². The molecule has 1 N–H and O–H groups in total. The van der Waals surface area contributed by atoms with Crippen molar-refractivity contribution in [1.29, 1.82) is 0 Å². The van der Waals surface area contributed by atoms with Crippen molar-refractivity contribution in [1.82, 2.24) is 10.3 Å². The Labute approximate surface area is 100 Å². The molecule has 17 heavy (non-hydrogen) atoms. The fourth-order valence-electron chi connectivity index (χ4n) is 2.97. The molecule has 0 amide bonds. The SMILES string of the molecule is CNC1CCC2(CC1)OC(=O)c1ccncc12. The summed E-state index contributed by atoms with van der Waals surface area (Å²) in [5, 5.41) is 3.29. The summed E-state index contributed by atoms with van der Waals surface area (Å²) < 4.78 is 5.65. The van der Waals surface area contributed by atoms with Gasteiger partial charge in [-0.05, 0) is 38.8 Å². The second-order valence-corrected chi connectivity index (χ2v) is 4.87. The number of nitrogens with zero attached hydrogens (tertiary/aromatic N) is 1. The van der Waals surface area contributed by atoms with Gasteiger partial charge in [-0.25, -0.2) is 4.79 Å². The maximum Gasteiger partial charge on any atom is 0.339 e. The molecule has 1 saturated carbocycles. The molecule has 0 radical (unpaired) electrons. The van der Waals surface area contributed by atoms with Crippen molar-refractivity contribution in [2.24, 2.45) is 0 Å². The van der Waals surface area contributed by atoms with Gasteiger partial charge in [-0.15, -0.1) is 0 Å². The van der Waals surface area contributed by atoms with E-state index in [2.05, 4.69) is 10.3 Å². The first-order chi connectivity index (χ1) is 8.25. The Balaban J connectivity index is 1.93. The fourth-order valence-corrected chi connectivity index (χ4v) is 2.97. The van der Waals surface area contributed by atoms with E-state index >= 15 is 0 Å². The molecule has 4 nitrogen and oxygen atoms in total. The summed E-state index contributed by atoms with van der Waals surface area (Å²) in [4.78, 5) is 16.0. The number of ether oxygens (including phenoxy) is 1. The highest BCUT2D eigenvalue weighted by molar-refractivity contribution is 5.94. The summed E-state index contributed by atoms with van der Waals surface area (Å²) >= 11 is 0. The Morgan fingerprint density at radius 2 is 2.24 bits per heavy atom.